The average molecular weight is 232 g/mol. The van der Waals surface area contributed by atoms with Crippen molar-refractivity contribution in [1.29, 1.82) is 0 Å². The quantitative estimate of drug-likeness (QED) is 0.834. The number of rotatable bonds is 5. The molecule has 0 saturated heterocycles. The van der Waals surface area contributed by atoms with E-state index in [4.69, 9.17) is 4.42 Å². The Morgan fingerprint density at radius 2 is 2.06 bits per heavy atom. The first-order valence-corrected chi connectivity index (χ1v) is 6.36. The monoisotopic (exact) mass is 232 g/mol. The maximum atomic E-state index is 10.2. The lowest BCUT2D eigenvalue weighted by molar-refractivity contribution is 0.145. The lowest BCUT2D eigenvalue weighted by Gasteiger charge is -2.14. The van der Waals surface area contributed by atoms with Crippen LogP contribution in [0.3, 0.4) is 0 Å². The number of hydrogen-bond acceptors (Lipinski definition) is 2. The van der Waals surface area contributed by atoms with Crippen LogP contribution in [0.25, 0.3) is 11.0 Å². The number of para-hydroxylation sites is 1. The summed E-state index contributed by atoms with van der Waals surface area (Å²) in [5.41, 5.74) is 1.77. The molecule has 2 atom stereocenters. The summed E-state index contributed by atoms with van der Waals surface area (Å²) in [4.78, 5) is 0. The van der Waals surface area contributed by atoms with E-state index in [1.807, 2.05) is 24.3 Å². The van der Waals surface area contributed by atoms with E-state index >= 15 is 0 Å². The van der Waals surface area contributed by atoms with Crippen LogP contribution in [-0.2, 0) is 0 Å². The van der Waals surface area contributed by atoms with Crippen LogP contribution in [0.5, 0.6) is 0 Å². The summed E-state index contributed by atoms with van der Waals surface area (Å²) in [6.07, 6.45) is 4.40. The first-order chi connectivity index (χ1) is 8.22. The number of furan rings is 1. The highest BCUT2D eigenvalue weighted by atomic mass is 16.3. The predicted octanol–water partition coefficient (Wildman–Crippen LogP) is 4.29. The van der Waals surface area contributed by atoms with Crippen LogP contribution < -0.4 is 0 Å². The van der Waals surface area contributed by atoms with E-state index in [-0.39, 0.29) is 0 Å². The minimum atomic E-state index is -0.416. The fourth-order valence-electron chi connectivity index (χ4n) is 2.38. The molecule has 0 amide bonds. The third-order valence-electron chi connectivity index (χ3n) is 3.28. The zero-order valence-corrected chi connectivity index (χ0v) is 10.5. The number of benzene rings is 1. The van der Waals surface area contributed by atoms with E-state index in [9.17, 15) is 5.11 Å². The molecule has 0 spiro atoms. The van der Waals surface area contributed by atoms with Gasteiger partial charge in [0.25, 0.3) is 0 Å². The summed E-state index contributed by atoms with van der Waals surface area (Å²) >= 11 is 0. The number of hydrogen-bond donors (Lipinski definition) is 1. The second-order valence-corrected chi connectivity index (χ2v) is 4.83. The Bertz CT molecular complexity index is 472. The van der Waals surface area contributed by atoms with Crippen molar-refractivity contribution in [1.82, 2.24) is 0 Å². The molecule has 0 bridgehead atoms. The molecular formula is C15H20O2. The molecule has 0 radical (unpaired) electrons. The van der Waals surface area contributed by atoms with Crippen molar-refractivity contribution in [2.45, 2.75) is 39.2 Å². The predicted molar refractivity (Wildman–Crippen MR) is 69.9 cm³/mol. The Labute approximate surface area is 102 Å². The van der Waals surface area contributed by atoms with Gasteiger partial charge >= 0.3 is 0 Å². The minimum Gasteiger partial charge on any atom is -0.464 e. The van der Waals surface area contributed by atoms with E-state index < -0.39 is 6.10 Å². The first-order valence-electron chi connectivity index (χ1n) is 6.36. The van der Waals surface area contributed by atoms with Gasteiger partial charge in [-0.2, -0.15) is 0 Å². The van der Waals surface area contributed by atoms with Gasteiger partial charge in [0.2, 0.25) is 0 Å². The van der Waals surface area contributed by atoms with Gasteiger partial charge in [-0.1, -0.05) is 44.9 Å². The molecule has 2 nitrogen and oxygen atoms in total. The molecule has 2 heteroatoms. The lowest BCUT2D eigenvalue weighted by atomic mass is 9.95. The highest BCUT2D eigenvalue weighted by Crippen LogP contribution is 2.30. The van der Waals surface area contributed by atoms with Crippen molar-refractivity contribution in [2.75, 3.05) is 0 Å². The Kier molecular flexibility index (Phi) is 3.85. The van der Waals surface area contributed by atoms with Gasteiger partial charge in [0.05, 0.1) is 12.4 Å². The van der Waals surface area contributed by atoms with Crippen LogP contribution >= 0.6 is 0 Å². The molecule has 92 valence electrons. The zero-order chi connectivity index (χ0) is 12.3. The minimum absolute atomic E-state index is 0.416. The smallest absolute Gasteiger partial charge is 0.134 e. The third kappa shape index (κ3) is 2.70. The highest BCUT2D eigenvalue weighted by molar-refractivity contribution is 5.81. The van der Waals surface area contributed by atoms with Crippen molar-refractivity contribution in [2.24, 2.45) is 5.92 Å². The van der Waals surface area contributed by atoms with E-state index in [0.717, 1.165) is 29.4 Å². The largest absolute Gasteiger partial charge is 0.464 e. The molecule has 17 heavy (non-hydrogen) atoms. The van der Waals surface area contributed by atoms with Crippen molar-refractivity contribution < 1.29 is 9.52 Å². The van der Waals surface area contributed by atoms with Gasteiger partial charge in [0.1, 0.15) is 5.58 Å². The van der Waals surface area contributed by atoms with E-state index in [2.05, 4.69) is 13.8 Å². The van der Waals surface area contributed by atoms with Crippen molar-refractivity contribution in [3.05, 3.63) is 36.1 Å². The topological polar surface area (TPSA) is 33.4 Å². The lowest BCUT2D eigenvalue weighted by Crippen LogP contribution is -2.03. The van der Waals surface area contributed by atoms with Crippen LogP contribution in [0.4, 0.5) is 0 Å². The summed E-state index contributed by atoms with van der Waals surface area (Å²) in [6, 6.07) is 7.86. The molecule has 1 aromatic heterocycles. The summed E-state index contributed by atoms with van der Waals surface area (Å²) in [5, 5.41) is 11.3. The van der Waals surface area contributed by atoms with Crippen LogP contribution in [0, 0.1) is 5.92 Å². The van der Waals surface area contributed by atoms with Gasteiger partial charge in [0.15, 0.2) is 0 Å². The second kappa shape index (κ2) is 5.37. The van der Waals surface area contributed by atoms with E-state index in [1.165, 1.54) is 6.42 Å². The molecule has 2 unspecified atom stereocenters. The Morgan fingerprint density at radius 1 is 1.29 bits per heavy atom. The number of aliphatic hydroxyl groups excluding tert-OH is 1. The molecule has 2 rings (SSSR count). The van der Waals surface area contributed by atoms with Gasteiger partial charge in [-0.05, 0) is 18.4 Å². The molecule has 1 heterocycles. The van der Waals surface area contributed by atoms with Gasteiger partial charge in [0, 0.05) is 10.9 Å². The highest BCUT2D eigenvalue weighted by Gasteiger charge is 2.16. The van der Waals surface area contributed by atoms with Crippen LogP contribution in [-0.4, -0.2) is 5.11 Å². The molecular weight excluding hydrogens is 212 g/mol. The van der Waals surface area contributed by atoms with Crippen molar-refractivity contribution in [3.63, 3.8) is 0 Å². The molecule has 0 aliphatic carbocycles. The maximum Gasteiger partial charge on any atom is 0.134 e. The molecule has 0 fully saturated rings. The number of fused-ring (bicyclic) bond motifs is 1. The van der Waals surface area contributed by atoms with Crippen molar-refractivity contribution in [3.8, 4) is 0 Å². The Balaban J connectivity index is 2.16. The van der Waals surface area contributed by atoms with E-state index in [0.29, 0.717) is 5.92 Å². The average Bonchev–Trinajstić information content (AvgIpc) is 2.72. The molecule has 0 aliphatic rings. The summed E-state index contributed by atoms with van der Waals surface area (Å²) < 4.78 is 5.45. The van der Waals surface area contributed by atoms with Gasteiger partial charge in [-0.15, -0.1) is 0 Å². The molecule has 1 N–H and O–H groups in total. The first kappa shape index (κ1) is 12.2. The summed E-state index contributed by atoms with van der Waals surface area (Å²) in [5.74, 6) is 0.545. The maximum absolute atomic E-state index is 10.2. The zero-order valence-electron chi connectivity index (χ0n) is 10.5. The van der Waals surface area contributed by atoms with Gasteiger partial charge in [-0.25, -0.2) is 0 Å². The fraction of sp³-hybridized carbons (Fsp3) is 0.467. The third-order valence-corrected chi connectivity index (χ3v) is 3.28. The number of aliphatic hydroxyl groups is 1. The second-order valence-electron chi connectivity index (χ2n) is 4.83. The van der Waals surface area contributed by atoms with Gasteiger partial charge < -0.3 is 9.52 Å². The van der Waals surface area contributed by atoms with E-state index in [1.54, 1.807) is 6.26 Å². The summed E-state index contributed by atoms with van der Waals surface area (Å²) in [6.45, 7) is 4.37. The van der Waals surface area contributed by atoms with Crippen LogP contribution in [0.15, 0.2) is 34.9 Å². The SMILES string of the molecule is CCCC(C)CC(O)c1coc2ccccc12. The molecule has 0 saturated carbocycles. The normalized spacial score (nSPS) is 15.0. The van der Waals surface area contributed by atoms with Crippen LogP contribution in [0.2, 0.25) is 0 Å². The molecule has 1 aromatic carbocycles. The van der Waals surface area contributed by atoms with Crippen molar-refractivity contribution >= 4 is 11.0 Å². The Hall–Kier alpha value is -1.28. The fourth-order valence-corrected chi connectivity index (χ4v) is 2.38. The summed E-state index contributed by atoms with van der Waals surface area (Å²) in [7, 11) is 0. The Morgan fingerprint density at radius 3 is 2.82 bits per heavy atom. The van der Waals surface area contributed by atoms with Gasteiger partial charge in [-0.3, -0.25) is 0 Å². The van der Waals surface area contributed by atoms with Crippen LogP contribution in [0.1, 0.15) is 44.8 Å². The molecule has 2 aromatic rings. The molecule has 0 aliphatic heterocycles. The standard InChI is InChI=1S/C15H20O2/c1-3-6-11(2)9-14(16)13-10-17-15-8-5-4-7-12(13)15/h4-5,7-8,10-11,14,16H,3,6,9H2,1-2H3.